The molecule has 1 saturated heterocycles. The third kappa shape index (κ3) is 5.82. The molecule has 2 aromatic rings. The van der Waals surface area contributed by atoms with E-state index in [0.717, 1.165) is 38.1 Å². The van der Waals surface area contributed by atoms with E-state index in [-0.39, 0.29) is 11.8 Å². The molecule has 1 fully saturated rings. The van der Waals surface area contributed by atoms with Gasteiger partial charge in [-0.1, -0.05) is 0 Å². The highest BCUT2D eigenvalue weighted by Gasteiger charge is 2.14. The summed E-state index contributed by atoms with van der Waals surface area (Å²) in [5, 5.41) is 9.09. The third-order valence-corrected chi connectivity index (χ3v) is 5.02. The lowest BCUT2D eigenvalue weighted by atomic mass is 9.93. The largest absolute Gasteiger partial charge is 0.497 e. The fraction of sp³-hybridized carbons (Fsp3) is 0.364. The molecule has 3 N–H and O–H groups in total. The summed E-state index contributed by atoms with van der Waals surface area (Å²) < 4.78 is 5.11. The highest BCUT2D eigenvalue weighted by atomic mass is 16.5. The van der Waals surface area contributed by atoms with E-state index in [1.54, 1.807) is 55.6 Å². The molecule has 0 aliphatic carbocycles. The monoisotopic (exact) mass is 381 g/mol. The molecule has 0 bridgehead atoms. The van der Waals surface area contributed by atoms with Crippen LogP contribution >= 0.6 is 0 Å². The molecule has 1 aliphatic rings. The average molecular weight is 381 g/mol. The fourth-order valence-electron chi connectivity index (χ4n) is 3.31. The summed E-state index contributed by atoms with van der Waals surface area (Å²) in [6, 6.07) is 14.1. The van der Waals surface area contributed by atoms with Gasteiger partial charge in [0.1, 0.15) is 5.75 Å². The van der Waals surface area contributed by atoms with E-state index in [4.69, 9.17) is 4.74 Å². The molecule has 1 aliphatic heterocycles. The normalized spacial score (nSPS) is 14.3. The number of benzene rings is 2. The molecule has 0 spiro atoms. The standard InChI is InChI=1S/C22H27N3O3/c1-28-20-9-7-19(8-10-20)25-22(27)17-3-5-18(6-4-17)24-21(26)11-2-16-12-14-23-15-13-16/h3-10,16,23H,2,11-15H2,1H3,(H,24,26)(H,25,27). The van der Waals surface area contributed by atoms with Crippen molar-refractivity contribution in [1.82, 2.24) is 5.32 Å². The predicted molar refractivity (Wildman–Crippen MR) is 111 cm³/mol. The Morgan fingerprint density at radius 2 is 1.57 bits per heavy atom. The number of rotatable bonds is 7. The molecule has 1 heterocycles. The number of piperidine rings is 1. The highest BCUT2D eigenvalue weighted by Crippen LogP contribution is 2.19. The number of hydrogen-bond donors (Lipinski definition) is 3. The second-order valence-corrected chi connectivity index (χ2v) is 7.04. The van der Waals surface area contributed by atoms with Gasteiger partial charge in [-0.15, -0.1) is 0 Å². The average Bonchev–Trinajstić information content (AvgIpc) is 2.74. The smallest absolute Gasteiger partial charge is 0.255 e. The quantitative estimate of drug-likeness (QED) is 0.684. The van der Waals surface area contributed by atoms with Crippen LogP contribution in [0.5, 0.6) is 5.75 Å². The molecule has 3 rings (SSSR count). The molecule has 6 nitrogen and oxygen atoms in total. The van der Waals surface area contributed by atoms with Crippen LogP contribution in [0.4, 0.5) is 11.4 Å². The minimum absolute atomic E-state index is 0.0222. The van der Waals surface area contributed by atoms with Crippen molar-refractivity contribution in [2.45, 2.75) is 25.7 Å². The minimum Gasteiger partial charge on any atom is -0.497 e. The number of carbonyl (C=O) groups excluding carboxylic acids is 2. The molecular formula is C22H27N3O3. The van der Waals surface area contributed by atoms with Gasteiger partial charge in [0.25, 0.3) is 5.91 Å². The molecular weight excluding hydrogens is 354 g/mol. The van der Waals surface area contributed by atoms with E-state index in [1.807, 2.05) is 0 Å². The maximum atomic E-state index is 12.3. The van der Waals surface area contributed by atoms with Crippen LogP contribution in [0.3, 0.4) is 0 Å². The summed E-state index contributed by atoms with van der Waals surface area (Å²) in [5.41, 5.74) is 1.93. The molecule has 2 aromatic carbocycles. The van der Waals surface area contributed by atoms with Crippen molar-refractivity contribution in [3.63, 3.8) is 0 Å². The van der Waals surface area contributed by atoms with Crippen molar-refractivity contribution in [2.75, 3.05) is 30.8 Å². The van der Waals surface area contributed by atoms with Crippen LogP contribution < -0.4 is 20.7 Å². The van der Waals surface area contributed by atoms with Crippen LogP contribution in [0.15, 0.2) is 48.5 Å². The Kier molecular flexibility index (Phi) is 7.03. The molecule has 148 valence electrons. The van der Waals surface area contributed by atoms with Crippen LogP contribution in [0, 0.1) is 5.92 Å². The van der Waals surface area contributed by atoms with Crippen LogP contribution in [0.2, 0.25) is 0 Å². The third-order valence-electron chi connectivity index (χ3n) is 5.02. The lowest BCUT2D eigenvalue weighted by molar-refractivity contribution is -0.116. The summed E-state index contributed by atoms with van der Waals surface area (Å²) in [7, 11) is 1.60. The number of ether oxygens (including phenoxy) is 1. The molecule has 0 atom stereocenters. The van der Waals surface area contributed by atoms with Gasteiger partial charge in [-0.3, -0.25) is 9.59 Å². The lowest BCUT2D eigenvalue weighted by Crippen LogP contribution is -2.28. The summed E-state index contributed by atoms with van der Waals surface area (Å²) in [4.78, 5) is 24.5. The maximum Gasteiger partial charge on any atom is 0.255 e. The molecule has 0 radical (unpaired) electrons. The lowest BCUT2D eigenvalue weighted by Gasteiger charge is -2.22. The number of amides is 2. The molecule has 6 heteroatoms. The molecule has 0 unspecified atom stereocenters. The Hall–Kier alpha value is -2.86. The van der Waals surface area contributed by atoms with Crippen molar-refractivity contribution in [3.8, 4) is 5.75 Å². The topological polar surface area (TPSA) is 79.5 Å². The number of methoxy groups -OCH3 is 1. The van der Waals surface area contributed by atoms with Gasteiger partial charge in [0.05, 0.1) is 7.11 Å². The van der Waals surface area contributed by atoms with Crippen molar-refractivity contribution >= 4 is 23.2 Å². The Bertz CT molecular complexity index is 782. The summed E-state index contributed by atoms with van der Waals surface area (Å²) in [6.45, 7) is 2.10. The zero-order valence-electron chi connectivity index (χ0n) is 16.2. The number of nitrogens with one attached hydrogen (secondary N) is 3. The van der Waals surface area contributed by atoms with Crippen molar-refractivity contribution < 1.29 is 14.3 Å². The van der Waals surface area contributed by atoms with Gasteiger partial charge >= 0.3 is 0 Å². The minimum atomic E-state index is -0.200. The fourth-order valence-corrected chi connectivity index (χ4v) is 3.31. The van der Waals surface area contributed by atoms with E-state index in [0.29, 0.717) is 29.3 Å². The maximum absolute atomic E-state index is 12.3. The van der Waals surface area contributed by atoms with E-state index >= 15 is 0 Å². The number of anilines is 2. The van der Waals surface area contributed by atoms with Gasteiger partial charge in [0, 0.05) is 23.4 Å². The first-order valence-electron chi connectivity index (χ1n) is 9.70. The summed E-state index contributed by atoms with van der Waals surface area (Å²) in [5.74, 6) is 1.19. The number of carbonyl (C=O) groups is 2. The Morgan fingerprint density at radius 3 is 2.21 bits per heavy atom. The second-order valence-electron chi connectivity index (χ2n) is 7.04. The van der Waals surface area contributed by atoms with Crippen LogP contribution in [-0.4, -0.2) is 32.0 Å². The van der Waals surface area contributed by atoms with Gasteiger partial charge in [-0.2, -0.15) is 0 Å². The van der Waals surface area contributed by atoms with Gasteiger partial charge in [0.15, 0.2) is 0 Å². The van der Waals surface area contributed by atoms with Gasteiger partial charge in [-0.05, 0) is 86.8 Å². The molecule has 0 aromatic heterocycles. The van der Waals surface area contributed by atoms with Crippen LogP contribution in [0.1, 0.15) is 36.0 Å². The SMILES string of the molecule is COc1ccc(NC(=O)c2ccc(NC(=O)CCC3CCNCC3)cc2)cc1. The Labute approximate surface area is 165 Å². The van der Waals surface area contributed by atoms with E-state index in [2.05, 4.69) is 16.0 Å². The Morgan fingerprint density at radius 1 is 0.964 bits per heavy atom. The van der Waals surface area contributed by atoms with Crippen LogP contribution in [0.25, 0.3) is 0 Å². The van der Waals surface area contributed by atoms with E-state index in [9.17, 15) is 9.59 Å². The van der Waals surface area contributed by atoms with Gasteiger partial charge in [0.2, 0.25) is 5.91 Å². The second kappa shape index (κ2) is 9.90. The Balaban J connectivity index is 1.47. The summed E-state index contributed by atoms with van der Waals surface area (Å²) >= 11 is 0. The highest BCUT2D eigenvalue weighted by molar-refractivity contribution is 6.04. The zero-order chi connectivity index (χ0) is 19.8. The molecule has 2 amide bonds. The number of hydrogen-bond acceptors (Lipinski definition) is 4. The first-order valence-corrected chi connectivity index (χ1v) is 9.70. The molecule has 28 heavy (non-hydrogen) atoms. The van der Waals surface area contributed by atoms with Crippen molar-refractivity contribution in [1.29, 1.82) is 0 Å². The van der Waals surface area contributed by atoms with Gasteiger partial charge in [-0.25, -0.2) is 0 Å². The van der Waals surface area contributed by atoms with E-state index in [1.165, 1.54) is 0 Å². The molecule has 0 saturated carbocycles. The zero-order valence-corrected chi connectivity index (χ0v) is 16.2. The van der Waals surface area contributed by atoms with Crippen LogP contribution in [-0.2, 0) is 4.79 Å². The predicted octanol–water partition coefficient (Wildman–Crippen LogP) is 3.67. The first kappa shape index (κ1) is 19.9. The summed E-state index contributed by atoms with van der Waals surface area (Å²) in [6.07, 6.45) is 3.75. The van der Waals surface area contributed by atoms with Crippen molar-refractivity contribution in [2.24, 2.45) is 5.92 Å². The van der Waals surface area contributed by atoms with Crippen molar-refractivity contribution in [3.05, 3.63) is 54.1 Å². The first-order chi connectivity index (χ1) is 13.6. The van der Waals surface area contributed by atoms with E-state index < -0.39 is 0 Å². The van der Waals surface area contributed by atoms with Gasteiger partial charge < -0.3 is 20.7 Å².